The molecule has 5 nitrogen and oxygen atoms in total. The number of hydrogen-bond donors (Lipinski definition) is 0. The minimum atomic E-state index is -3.38. The highest BCUT2D eigenvalue weighted by molar-refractivity contribution is 7.17. The fourth-order valence-corrected chi connectivity index (χ4v) is 14.1. The number of halogens is 1. The lowest BCUT2D eigenvalue weighted by molar-refractivity contribution is -0.0629. The normalized spacial score (nSPS) is 19.3. The van der Waals surface area contributed by atoms with E-state index >= 15 is 0 Å². The van der Waals surface area contributed by atoms with E-state index in [1.54, 1.807) is 0 Å². The summed E-state index contributed by atoms with van der Waals surface area (Å²) >= 11 is 6.41. The van der Waals surface area contributed by atoms with E-state index in [-0.39, 0.29) is 18.3 Å². The lowest BCUT2D eigenvalue weighted by Crippen LogP contribution is -2.61. The Hall–Kier alpha value is 0.741. The Labute approximate surface area is 163 Å². The fourth-order valence-electron chi connectivity index (χ4n) is 2.05. The van der Waals surface area contributed by atoms with Crippen LogP contribution in [0.1, 0.15) is 60.8 Å². The molecular formula is C16H39ClO5Si3. The second-order valence-corrected chi connectivity index (χ2v) is 19.1. The monoisotopic (exact) mass is 430 g/mol. The van der Waals surface area contributed by atoms with Crippen LogP contribution in [0, 0.1) is 0 Å². The van der Waals surface area contributed by atoms with Crippen molar-refractivity contribution in [2.24, 2.45) is 0 Å². The van der Waals surface area contributed by atoms with Crippen LogP contribution >= 0.6 is 11.1 Å². The van der Waals surface area contributed by atoms with E-state index in [1.807, 2.05) is 47.0 Å². The van der Waals surface area contributed by atoms with Gasteiger partial charge in [0, 0.05) is 18.3 Å². The highest BCUT2D eigenvalue weighted by Gasteiger charge is 2.54. The lowest BCUT2D eigenvalue weighted by Gasteiger charge is -2.40. The average molecular weight is 431 g/mol. The maximum Gasteiger partial charge on any atom is 0.671 e. The second kappa shape index (κ2) is 10.9. The molecule has 0 aromatic heterocycles. The maximum atomic E-state index is 6.46. The lowest BCUT2D eigenvalue weighted by atomic mass is 10.3. The van der Waals surface area contributed by atoms with Crippen LogP contribution in [0.5, 0.6) is 0 Å². The molecule has 152 valence electrons. The first-order valence-corrected chi connectivity index (χ1v) is 17.8. The first-order valence-electron chi connectivity index (χ1n) is 9.40. The molecule has 0 bridgehead atoms. The van der Waals surface area contributed by atoms with Crippen molar-refractivity contribution in [3.63, 3.8) is 0 Å². The summed E-state index contributed by atoms with van der Waals surface area (Å²) in [6.45, 7) is 20.1. The molecule has 0 aliphatic heterocycles. The van der Waals surface area contributed by atoms with Gasteiger partial charge in [0.15, 0.2) is 0 Å². The molecule has 0 aromatic carbocycles. The molecule has 0 saturated heterocycles. The van der Waals surface area contributed by atoms with E-state index in [1.165, 1.54) is 0 Å². The van der Waals surface area contributed by atoms with Crippen molar-refractivity contribution in [2.45, 2.75) is 105 Å². The summed E-state index contributed by atoms with van der Waals surface area (Å²) in [5.41, 5.74) is 0. The molecular weight excluding hydrogens is 392 g/mol. The molecule has 25 heavy (non-hydrogen) atoms. The van der Waals surface area contributed by atoms with Gasteiger partial charge in [0.2, 0.25) is 0 Å². The van der Waals surface area contributed by atoms with Crippen molar-refractivity contribution in [2.75, 3.05) is 0 Å². The van der Waals surface area contributed by atoms with Crippen molar-refractivity contribution in [1.29, 1.82) is 0 Å². The Morgan fingerprint density at radius 3 is 1.24 bits per heavy atom. The third-order valence-electron chi connectivity index (χ3n) is 3.62. The quantitative estimate of drug-likeness (QED) is 0.283. The molecule has 0 N–H and O–H groups in total. The molecule has 0 amide bonds. The maximum absolute atomic E-state index is 6.46. The zero-order valence-corrected chi connectivity index (χ0v) is 21.5. The van der Waals surface area contributed by atoms with Gasteiger partial charge in [-0.3, -0.25) is 0 Å². The summed E-state index contributed by atoms with van der Waals surface area (Å²) in [7, 11) is -8.25. The molecule has 0 saturated carbocycles. The van der Waals surface area contributed by atoms with Crippen molar-refractivity contribution in [1.82, 2.24) is 0 Å². The molecule has 0 aliphatic rings. The highest BCUT2D eigenvalue weighted by Crippen LogP contribution is 2.28. The van der Waals surface area contributed by atoms with E-state index < -0.39 is 25.2 Å². The topological polar surface area (TPSA) is 46.2 Å². The third kappa shape index (κ3) is 11.2. The van der Waals surface area contributed by atoms with Crippen molar-refractivity contribution in [3.8, 4) is 0 Å². The summed E-state index contributed by atoms with van der Waals surface area (Å²) in [5, 5.41) is 0. The van der Waals surface area contributed by atoms with E-state index in [4.69, 9.17) is 32.6 Å². The van der Waals surface area contributed by atoms with Gasteiger partial charge in [0.25, 0.3) is 7.63 Å². The average Bonchev–Trinajstić information content (AvgIpc) is 2.43. The number of rotatable bonds is 13. The van der Waals surface area contributed by atoms with Crippen molar-refractivity contribution in [3.05, 3.63) is 0 Å². The summed E-state index contributed by atoms with van der Waals surface area (Å²) in [6, 6.07) is 0. The molecule has 0 aliphatic carbocycles. The van der Waals surface area contributed by atoms with Crippen LogP contribution in [0.25, 0.3) is 0 Å². The predicted octanol–water partition coefficient (Wildman–Crippen LogP) is 5.54. The van der Waals surface area contributed by atoms with E-state index in [0.717, 1.165) is 19.3 Å². The number of hydrogen-bond acceptors (Lipinski definition) is 5. The molecule has 0 aromatic rings. The molecule has 9 heteroatoms. The molecule has 0 heterocycles. The Bertz CT molecular complexity index is 348. The van der Waals surface area contributed by atoms with Gasteiger partial charge in [-0.05, 0) is 66.2 Å². The van der Waals surface area contributed by atoms with Gasteiger partial charge in [-0.2, -0.15) is 0 Å². The van der Waals surface area contributed by atoms with Crippen LogP contribution in [0.3, 0.4) is 0 Å². The SMILES string of the molecule is CCC(C)O[Si](OC(C)CC)(OC(C)CC)O[Si](C)(C)O[Si](C)(C)Cl. The minimum Gasteiger partial charge on any atom is -0.425 e. The van der Waals surface area contributed by atoms with Crippen LogP contribution in [-0.2, 0) is 21.5 Å². The van der Waals surface area contributed by atoms with Gasteiger partial charge in [-0.15, -0.1) is 11.1 Å². The van der Waals surface area contributed by atoms with Crippen LogP contribution in [0.2, 0.25) is 26.2 Å². The summed E-state index contributed by atoms with van der Waals surface area (Å²) < 4.78 is 31.4. The minimum absolute atomic E-state index is 0.0224. The first kappa shape index (κ1) is 25.7. The molecule has 0 fully saturated rings. The van der Waals surface area contributed by atoms with Crippen LogP contribution in [0.15, 0.2) is 0 Å². The summed E-state index contributed by atoms with van der Waals surface area (Å²) in [4.78, 5) is 0. The zero-order valence-electron chi connectivity index (χ0n) is 17.8. The smallest absolute Gasteiger partial charge is 0.425 e. The van der Waals surface area contributed by atoms with Crippen LogP contribution in [0.4, 0.5) is 0 Å². The molecule has 0 radical (unpaired) electrons. The first-order chi connectivity index (χ1) is 11.3. The Balaban J connectivity index is 5.68. The highest BCUT2D eigenvalue weighted by atomic mass is 35.6. The van der Waals surface area contributed by atoms with Gasteiger partial charge in [0.05, 0.1) is 0 Å². The second-order valence-electron chi connectivity index (χ2n) is 7.48. The van der Waals surface area contributed by atoms with Crippen LogP contribution < -0.4 is 0 Å². The van der Waals surface area contributed by atoms with E-state index in [0.29, 0.717) is 0 Å². The van der Waals surface area contributed by atoms with Gasteiger partial charge in [-0.25, -0.2) is 0 Å². The summed E-state index contributed by atoms with van der Waals surface area (Å²) in [5.74, 6) is 0. The molecule has 3 unspecified atom stereocenters. The largest absolute Gasteiger partial charge is 0.671 e. The Morgan fingerprint density at radius 1 is 0.680 bits per heavy atom. The molecule has 0 spiro atoms. The third-order valence-corrected chi connectivity index (χ3v) is 13.3. The van der Waals surface area contributed by atoms with Gasteiger partial charge < -0.3 is 21.5 Å². The standard InChI is InChI=1S/C16H39ClO5Si3/c1-11-14(4)18-25(19-15(5)12-2,20-16(6)13-3)22-24(9,10)21-23(7,8)17/h14-16H,11-13H2,1-10H3. The Morgan fingerprint density at radius 2 is 1.00 bits per heavy atom. The van der Waals surface area contributed by atoms with E-state index in [9.17, 15) is 0 Å². The summed E-state index contributed by atoms with van der Waals surface area (Å²) in [6.07, 6.45) is 2.49. The van der Waals surface area contributed by atoms with Gasteiger partial charge >= 0.3 is 17.6 Å². The zero-order chi connectivity index (χ0) is 19.9. The van der Waals surface area contributed by atoms with Gasteiger partial charge in [0.1, 0.15) is 0 Å². The molecule has 3 atom stereocenters. The fraction of sp³-hybridized carbons (Fsp3) is 1.00. The molecule has 0 rings (SSSR count). The van der Waals surface area contributed by atoms with Crippen molar-refractivity contribution >= 4 is 36.3 Å². The Kier molecular flexibility index (Phi) is 11.2. The van der Waals surface area contributed by atoms with Crippen molar-refractivity contribution < 1.29 is 21.5 Å². The van der Waals surface area contributed by atoms with Crippen LogP contribution in [-0.4, -0.2) is 43.5 Å². The van der Waals surface area contributed by atoms with E-state index in [2.05, 4.69) is 20.8 Å². The van der Waals surface area contributed by atoms with Gasteiger partial charge in [-0.1, -0.05) is 20.8 Å². The predicted molar refractivity (Wildman–Crippen MR) is 111 cm³/mol.